The molecular weight excluding hydrogens is 428 g/mol. The Labute approximate surface area is 179 Å². The molecule has 0 spiro atoms. The van der Waals surface area contributed by atoms with Crippen molar-refractivity contribution in [3.05, 3.63) is 90.0 Å². The molecule has 10 heteroatoms. The van der Waals surface area contributed by atoms with Gasteiger partial charge in [-0.1, -0.05) is 48.5 Å². The summed E-state index contributed by atoms with van der Waals surface area (Å²) in [5, 5.41) is -0.229. The Morgan fingerprint density at radius 2 is 1.50 bits per heavy atom. The second-order valence-corrected chi connectivity index (χ2v) is 6.62. The van der Waals surface area contributed by atoms with Crippen LogP contribution in [0.25, 0.3) is 22.3 Å². The van der Waals surface area contributed by atoms with Crippen molar-refractivity contribution in [2.45, 2.75) is 6.18 Å². The van der Waals surface area contributed by atoms with Crippen LogP contribution in [-0.4, -0.2) is 23.3 Å². The number of hydrogen-bond acceptors (Lipinski definition) is 4. The summed E-state index contributed by atoms with van der Waals surface area (Å²) in [6.45, 7) is 0. The zero-order valence-electron chi connectivity index (χ0n) is 16.2. The minimum atomic E-state index is -4.65. The molecule has 0 fully saturated rings. The van der Waals surface area contributed by atoms with Gasteiger partial charge >= 0.3 is 13.6 Å². The summed E-state index contributed by atoms with van der Waals surface area (Å²) in [7, 11) is -3.14. The average Bonchev–Trinajstić information content (AvgIpc) is 2.78. The number of fused-ring (bicyclic) bond motifs is 1. The van der Waals surface area contributed by atoms with Crippen molar-refractivity contribution in [3.8, 4) is 11.3 Å². The van der Waals surface area contributed by atoms with Crippen LogP contribution in [0.5, 0.6) is 0 Å². The highest BCUT2D eigenvalue weighted by Crippen LogP contribution is 2.37. The molecule has 0 radical (unpaired) electrons. The Morgan fingerprint density at radius 3 is 2.12 bits per heavy atom. The number of benzene rings is 2. The van der Waals surface area contributed by atoms with Gasteiger partial charge in [0, 0.05) is 16.5 Å². The van der Waals surface area contributed by atoms with Crippen LogP contribution in [0.3, 0.4) is 0 Å². The molecule has 4 nitrogen and oxygen atoms in total. The SMILES string of the molecule is FB(F)OC(=Nc1ccc2c(C(F)(F)F)cc(-c3ccccc3)nc2n1)c1ccccc1. The van der Waals surface area contributed by atoms with Gasteiger partial charge in [-0.25, -0.2) is 18.6 Å². The normalized spacial score (nSPS) is 12.1. The Balaban J connectivity index is 1.88. The van der Waals surface area contributed by atoms with E-state index in [-0.39, 0.29) is 28.1 Å². The summed E-state index contributed by atoms with van der Waals surface area (Å²) in [6, 6.07) is 19.6. The zero-order chi connectivity index (χ0) is 22.7. The van der Waals surface area contributed by atoms with Crippen molar-refractivity contribution in [3.63, 3.8) is 0 Å². The van der Waals surface area contributed by atoms with E-state index in [9.17, 15) is 21.8 Å². The number of hydrogen-bond donors (Lipinski definition) is 0. The highest BCUT2D eigenvalue weighted by molar-refractivity contribution is 6.38. The van der Waals surface area contributed by atoms with E-state index in [2.05, 4.69) is 19.6 Å². The number of rotatable bonds is 4. The highest BCUT2D eigenvalue weighted by atomic mass is 19.4. The van der Waals surface area contributed by atoms with Crippen LogP contribution in [-0.2, 0) is 10.8 Å². The summed E-state index contributed by atoms with van der Waals surface area (Å²) >= 11 is 0. The maximum Gasteiger partial charge on any atom is 0.797 e. The Kier molecular flexibility index (Phi) is 5.85. The third-order valence-corrected chi connectivity index (χ3v) is 4.47. The lowest BCUT2D eigenvalue weighted by atomic mass is 10.1. The fourth-order valence-corrected chi connectivity index (χ4v) is 3.08. The van der Waals surface area contributed by atoms with Crippen molar-refractivity contribution < 1.29 is 26.5 Å². The van der Waals surface area contributed by atoms with Crippen LogP contribution in [0.2, 0.25) is 0 Å². The van der Waals surface area contributed by atoms with Crippen LogP contribution >= 0.6 is 0 Å². The van der Waals surface area contributed by atoms with Crippen LogP contribution in [0.4, 0.5) is 27.6 Å². The molecule has 0 amide bonds. The van der Waals surface area contributed by atoms with Crippen molar-refractivity contribution in [2.75, 3.05) is 0 Å². The first-order chi connectivity index (χ1) is 15.3. The van der Waals surface area contributed by atoms with Crippen molar-refractivity contribution >= 4 is 30.2 Å². The van der Waals surface area contributed by atoms with Crippen LogP contribution in [0.15, 0.2) is 83.9 Å². The summed E-state index contributed by atoms with van der Waals surface area (Å²) in [5.41, 5.74) is -0.315. The van der Waals surface area contributed by atoms with E-state index >= 15 is 0 Å². The summed E-state index contributed by atoms with van der Waals surface area (Å²) in [4.78, 5) is 12.3. The molecule has 2 aromatic heterocycles. The van der Waals surface area contributed by atoms with Crippen molar-refractivity contribution in [1.29, 1.82) is 0 Å². The number of aliphatic imine (C=N–C) groups is 1. The smallest absolute Gasteiger partial charge is 0.490 e. The Hall–Kier alpha value is -3.82. The van der Waals surface area contributed by atoms with E-state index in [0.717, 1.165) is 12.1 Å². The number of nitrogens with zero attached hydrogens (tertiary/aromatic N) is 3. The minimum Gasteiger partial charge on any atom is -0.490 e. The number of halogens is 5. The van der Waals surface area contributed by atoms with Crippen LogP contribution in [0, 0.1) is 0 Å². The molecule has 0 saturated heterocycles. The predicted octanol–water partition coefficient (Wildman–Crippen LogP) is 6.33. The molecule has 0 saturated carbocycles. The largest absolute Gasteiger partial charge is 0.797 e. The molecule has 2 aromatic carbocycles. The molecule has 4 rings (SSSR count). The first kappa shape index (κ1) is 21.4. The molecule has 32 heavy (non-hydrogen) atoms. The van der Waals surface area contributed by atoms with Gasteiger partial charge in [0.15, 0.2) is 11.5 Å². The van der Waals surface area contributed by atoms with Gasteiger partial charge in [0.1, 0.15) is 0 Å². The van der Waals surface area contributed by atoms with E-state index < -0.39 is 25.1 Å². The monoisotopic (exact) mass is 441 g/mol. The van der Waals surface area contributed by atoms with Gasteiger partial charge in [-0.2, -0.15) is 18.2 Å². The van der Waals surface area contributed by atoms with E-state index in [0.29, 0.717) is 5.56 Å². The van der Waals surface area contributed by atoms with Crippen LogP contribution in [0.1, 0.15) is 11.1 Å². The van der Waals surface area contributed by atoms with E-state index in [1.165, 1.54) is 18.2 Å². The molecule has 0 aliphatic rings. The fourth-order valence-electron chi connectivity index (χ4n) is 3.08. The highest BCUT2D eigenvalue weighted by Gasteiger charge is 2.34. The van der Waals surface area contributed by atoms with E-state index in [1.54, 1.807) is 48.5 Å². The molecule has 4 aromatic rings. The van der Waals surface area contributed by atoms with Gasteiger partial charge < -0.3 is 4.65 Å². The summed E-state index contributed by atoms with van der Waals surface area (Å²) < 4.78 is 71.4. The van der Waals surface area contributed by atoms with E-state index in [1.807, 2.05) is 0 Å². The minimum absolute atomic E-state index is 0.0752. The Bertz CT molecular complexity index is 1270. The fraction of sp³-hybridized carbons (Fsp3) is 0.0455. The van der Waals surface area contributed by atoms with Crippen molar-refractivity contribution in [1.82, 2.24) is 9.97 Å². The topological polar surface area (TPSA) is 47.4 Å². The molecule has 160 valence electrons. The summed E-state index contributed by atoms with van der Waals surface area (Å²) in [5.74, 6) is -0.537. The van der Waals surface area contributed by atoms with Gasteiger partial charge in [-0.3, -0.25) is 0 Å². The lowest BCUT2D eigenvalue weighted by molar-refractivity contribution is -0.136. The Morgan fingerprint density at radius 1 is 0.844 bits per heavy atom. The van der Waals surface area contributed by atoms with Gasteiger partial charge in [0.2, 0.25) is 5.90 Å². The molecule has 0 aliphatic carbocycles. The maximum atomic E-state index is 13.7. The van der Waals surface area contributed by atoms with Gasteiger partial charge in [-0.15, -0.1) is 0 Å². The third kappa shape index (κ3) is 4.74. The first-order valence-electron chi connectivity index (χ1n) is 9.34. The average molecular weight is 441 g/mol. The van der Waals surface area contributed by atoms with Crippen LogP contribution < -0.4 is 0 Å². The maximum absolute atomic E-state index is 13.7. The van der Waals surface area contributed by atoms with Crippen molar-refractivity contribution in [2.24, 2.45) is 4.99 Å². The molecule has 0 N–H and O–H groups in total. The summed E-state index contributed by atoms with van der Waals surface area (Å²) in [6.07, 6.45) is -4.65. The molecule has 0 atom stereocenters. The van der Waals surface area contributed by atoms with Gasteiger partial charge in [0.05, 0.1) is 11.3 Å². The van der Waals surface area contributed by atoms with Gasteiger partial charge in [-0.05, 0) is 30.3 Å². The molecule has 0 bridgehead atoms. The number of pyridine rings is 2. The molecular formula is C22H13BF5N3O. The predicted molar refractivity (Wildman–Crippen MR) is 112 cm³/mol. The molecule has 0 aliphatic heterocycles. The number of aromatic nitrogens is 2. The standard InChI is InChI=1S/C22H13BF5N3O/c24-22(25,26)17-13-18(14-7-3-1-4-8-14)29-20-16(17)11-12-19(30-20)31-21(32-23(27)28)15-9-5-2-6-10-15/h1-13H. The third-order valence-electron chi connectivity index (χ3n) is 4.47. The van der Waals surface area contributed by atoms with E-state index in [4.69, 9.17) is 0 Å². The lowest BCUT2D eigenvalue weighted by Crippen LogP contribution is -2.14. The molecule has 0 unspecified atom stereocenters. The number of alkyl halides is 3. The first-order valence-corrected chi connectivity index (χ1v) is 9.34. The lowest BCUT2D eigenvalue weighted by Gasteiger charge is -2.13. The second kappa shape index (κ2) is 8.74. The second-order valence-electron chi connectivity index (χ2n) is 6.62. The van der Waals surface area contributed by atoms with Gasteiger partial charge in [0.25, 0.3) is 0 Å². The molecule has 2 heterocycles. The zero-order valence-corrected chi connectivity index (χ0v) is 16.2. The quantitative estimate of drug-likeness (QED) is 0.161.